The van der Waals surface area contributed by atoms with Crippen molar-refractivity contribution in [3.8, 4) is 0 Å². The summed E-state index contributed by atoms with van der Waals surface area (Å²) in [5, 5.41) is 0. The first-order valence-electron chi connectivity index (χ1n) is 13.2. The number of carbonyl (C=O) groups excluding carboxylic acids is 2. The second-order valence-electron chi connectivity index (χ2n) is 9.31. The molecule has 1 aliphatic heterocycles. The zero-order valence-corrected chi connectivity index (χ0v) is 20.5. The molecule has 31 heavy (non-hydrogen) atoms. The molecule has 0 aromatic heterocycles. The van der Waals surface area contributed by atoms with Crippen LogP contribution in [0, 0.1) is 5.41 Å². The molecule has 0 bridgehead atoms. The van der Waals surface area contributed by atoms with Crippen molar-refractivity contribution in [1.82, 2.24) is 0 Å². The van der Waals surface area contributed by atoms with Crippen LogP contribution in [-0.2, 0) is 14.3 Å². The molecule has 0 amide bonds. The number of hydrogen-bond donors (Lipinski definition) is 0. The van der Waals surface area contributed by atoms with Crippen LogP contribution in [0.1, 0.15) is 136 Å². The molecule has 0 unspecified atom stereocenters. The summed E-state index contributed by atoms with van der Waals surface area (Å²) in [4.78, 5) is 24.1. The molecular weight excluding hydrogens is 384 g/mol. The molecule has 0 atom stereocenters. The molecule has 0 aromatic carbocycles. The van der Waals surface area contributed by atoms with Crippen molar-refractivity contribution in [2.75, 3.05) is 0 Å². The lowest BCUT2D eigenvalue weighted by molar-refractivity contribution is -0.153. The highest BCUT2D eigenvalue weighted by molar-refractivity contribution is 6.00. The molecule has 1 rings (SSSR count). The van der Waals surface area contributed by atoms with Gasteiger partial charge in [-0.1, -0.05) is 128 Å². The van der Waals surface area contributed by atoms with Gasteiger partial charge in [-0.05, 0) is 25.7 Å². The second kappa shape index (κ2) is 18.2. The van der Waals surface area contributed by atoms with Crippen LogP contribution in [0.15, 0.2) is 24.3 Å². The quantitative estimate of drug-likeness (QED) is 0.0836. The van der Waals surface area contributed by atoms with Crippen LogP contribution in [0.2, 0.25) is 0 Å². The Morgan fingerprint density at radius 1 is 0.645 bits per heavy atom. The minimum absolute atomic E-state index is 0.147. The van der Waals surface area contributed by atoms with Crippen LogP contribution >= 0.6 is 0 Å². The van der Waals surface area contributed by atoms with Crippen molar-refractivity contribution in [2.24, 2.45) is 5.41 Å². The monoisotopic (exact) mass is 432 g/mol. The summed E-state index contributed by atoms with van der Waals surface area (Å²) in [5.41, 5.74) is -0.864. The lowest BCUT2D eigenvalue weighted by Gasteiger charge is -2.14. The van der Waals surface area contributed by atoms with Gasteiger partial charge in [0.25, 0.3) is 0 Å². The highest BCUT2D eigenvalue weighted by atomic mass is 16.6. The van der Waals surface area contributed by atoms with Crippen LogP contribution in [0.4, 0.5) is 0 Å². The Morgan fingerprint density at radius 2 is 1.03 bits per heavy atom. The average molecular weight is 433 g/mol. The lowest BCUT2D eigenvalue weighted by atomic mass is 9.84. The van der Waals surface area contributed by atoms with E-state index in [0.29, 0.717) is 0 Å². The van der Waals surface area contributed by atoms with E-state index in [-0.39, 0.29) is 6.42 Å². The molecule has 178 valence electrons. The minimum atomic E-state index is -0.864. The van der Waals surface area contributed by atoms with E-state index in [1.54, 1.807) is 0 Å². The molecule has 0 radical (unpaired) electrons. The molecule has 1 heterocycles. The first-order chi connectivity index (χ1) is 15.1. The first-order valence-corrected chi connectivity index (χ1v) is 13.2. The summed E-state index contributed by atoms with van der Waals surface area (Å²) in [6, 6.07) is 0. The van der Waals surface area contributed by atoms with Gasteiger partial charge >= 0.3 is 11.9 Å². The van der Waals surface area contributed by atoms with Gasteiger partial charge in [0.15, 0.2) is 0 Å². The Bertz CT molecular complexity index is 502. The third-order valence-corrected chi connectivity index (χ3v) is 6.30. The van der Waals surface area contributed by atoms with Gasteiger partial charge < -0.3 is 4.74 Å². The Morgan fingerprint density at radius 3 is 1.39 bits per heavy atom. The SMILES string of the molecule is CCCCCCCCCC/C=C/C1(/C=C/CCCCCCCCCC)CC(=O)OC1=O. The zero-order chi connectivity index (χ0) is 22.6. The van der Waals surface area contributed by atoms with Crippen LogP contribution in [0.25, 0.3) is 0 Å². The zero-order valence-electron chi connectivity index (χ0n) is 20.5. The standard InChI is InChI=1S/C28H48O3/c1-3-5-7-9-11-13-15-17-19-21-23-28(25-26(29)31-27(28)30)24-22-20-18-16-14-12-10-8-6-4-2/h21-24H,3-20,25H2,1-2H3/b23-21+,24-22+. The number of ether oxygens (including phenoxy) is 1. The number of hydrogen-bond acceptors (Lipinski definition) is 3. The van der Waals surface area contributed by atoms with Crippen LogP contribution in [0.3, 0.4) is 0 Å². The normalized spacial score (nSPS) is 16.1. The minimum Gasteiger partial charge on any atom is -0.392 e. The maximum absolute atomic E-state index is 12.3. The number of esters is 2. The molecular formula is C28H48O3. The van der Waals surface area contributed by atoms with Crippen LogP contribution in [-0.4, -0.2) is 11.9 Å². The third-order valence-electron chi connectivity index (χ3n) is 6.30. The molecule has 0 N–H and O–H groups in total. The highest BCUT2D eigenvalue weighted by Crippen LogP contribution is 2.35. The Balaban J connectivity index is 2.28. The van der Waals surface area contributed by atoms with Crippen molar-refractivity contribution in [1.29, 1.82) is 0 Å². The van der Waals surface area contributed by atoms with E-state index in [1.807, 2.05) is 12.2 Å². The van der Waals surface area contributed by atoms with E-state index in [1.165, 1.54) is 89.9 Å². The van der Waals surface area contributed by atoms with Gasteiger partial charge in [-0.25, -0.2) is 0 Å². The third kappa shape index (κ3) is 12.9. The predicted molar refractivity (Wildman–Crippen MR) is 131 cm³/mol. The van der Waals surface area contributed by atoms with E-state index in [9.17, 15) is 9.59 Å². The van der Waals surface area contributed by atoms with E-state index in [0.717, 1.165) is 25.7 Å². The topological polar surface area (TPSA) is 43.4 Å². The molecule has 3 heteroatoms. The summed E-state index contributed by atoms with van der Waals surface area (Å²) >= 11 is 0. The molecule has 0 saturated carbocycles. The molecule has 0 spiro atoms. The Kier molecular flexibility index (Phi) is 16.3. The molecule has 0 aliphatic carbocycles. The van der Waals surface area contributed by atoms with E-state index in [2.05, 4.69) is 26.0 Å². The fraction of sp³-hybridized carbons (Fsp3) is 0.786. The van der Waals surface area contributed by atoms with Crippen LogP contribution < -0.4 is 0 Å². The lowest BCUT2D eigenvalue weighted by Crippen LogP contribution is -2.21. The smallest absolute Gasteiger partial charge is 0.328 e. The summed E-state index contributed by atoms with van der Waals surface area (Å²) in [6.07, 6.45) is 30.8. The second-order valence-corrected chi connectivity index (χ2v) is 9.31. The number of cyclic esters (lactones) is 2. The highest BCUT2D eigenvalue weighted by Gasteiger charge is 2.45. The van der Waals surface area contributed by atoms with E-state index >= 15 is 0 Å². The van der Waals surface area contributed by atoms with Gasteiger partial charge in [-0.3, -0.25) is 9.59 Å². The van der Waals surface area contributed by atoms with Gasteiger partial charge in [-0.15, -0.1) is 0 Å². The maximum atomic E-state index is 12.3. The van der Waals surface area contributed by atoms with Crippen molar-refractivity contribution >= 4 is 11.9 Å². The van der Waals surface area contributed by atoms with E-state index < -0.39 is 17.4 Å². The van der Waals surface area contributed by atoms with Crippen molar-refractivity contribution in [3.63, 3.8) is 0 Å². The summed E-state index contributed by atoms with van der Waals surface area (Å²) < 4.78 is 4.88. The molecule has 1 fully saturated rings. The van der Waals surface area contributed by atoms with Gasteiger partial charge in [0.05, 0.1) is 6.42 Å². The first kappa shape index (κ1) is 27.7. The number of carbonyl (C=O) groups is 2. The van der Waals surface area contributed by atoms with Crippen LogP contribution in [0.5, 0.6) is 0 Å². The van der Waals surface area contributed by atoms with Gasteiger partial charge in [-0.2, -0.15) is 0 Å². The molecule has 1 aliphatic rings. The van der Waals surface area contributed by atoms with Crippen molar-refractivity contribution in [2.45, 2.75) is 136 Å². The Hall–Kier alpha value is -1.38. The van der Waals surface area contributed by atoms with Crippen molar-refractivity contribution in [3.05, 3.63) is 24.3 Å². The largest absolute Gasteiger partial charge is 0.392 e. The van der Waals surface area contributed by atoms with E-state index in [4.69, 9.17) is 4.74 Å². The average Bonchev–Trinajstić information content (AvgIpc) is 3.04. The molecule has 0 aromatic rings. The van der Waals surface area contributed by atoms with Crippen molar-refractivity contribution < 1.29 is 14.3 Å². The molecule has 1 saturated heterocycles. The summed E-state index contributed by atoms with van der Waals surface area (Å²) in [5.74, 6) is -0.810. The number of unbranched alkanes of at least 4 members (excludes halogenated alkanes) is 16. The number of allylic oxidation sites excluding steroid dienone is 2. The molecule has 3 nitrogen and oxygen atoms in total. The van der Waals surface area contributed by atoms with Gasteiger partial charge in [0, 0.05) is 0 Å². The summed E-state index contributed by atoms with van der Waals surface area (Å²) in [6.45, 7) is 4.50. The summed E-state index contributed by atoms with van der Waals surface area (Å²) in [7, 11) is 0. The predicted octanol–water partition coefficient (Wildman–Crippen LogP) is 8.62. The van der Waals surface area contributed by atoms with Gasteiger partial charge in [0.1, 0.15) is 5.41 Å². The fourth-order valence-corrected chi connectivity index (χ4v) is 4.23. The van der Waals surface area contributed by atoms with Gasteiger partial charge in [0.2, 0.25) is 0 Å². The maximum Gasteiger partial charge on any atom is 0.328 e. The number of rotatable bonds is 20. The fourth-order valence-electron chi connectivity index (χ4n) is 4.23. The Labute approximate surface area is 192 Å².